The predicted molar refractivity (Wildman–Crippen MR) is 122 cm³/mol. The topological polar surface area (TPSA) is 73.6 Å². The van der Waals surface area contributed by atoms with Gasteiger partial charge < -0.3 is 14.7 Å². The van der Waals surface area contributed by atoms with E-state index in [1.54, 1.807) is 12.0 Å². The first-order valence-corrected chi connectivity index (χ1v) is 11.3. The van der Waals surface area contributed by atoms with Gasteiger partial charge in [0.25, 0.3) is 0 Å². The molecule has 32 heavy (non-hydrogen) atoms. The summed E-state index contributed by atoms with van der Waals surface area (Å²) in [6.07, 6.45) is 5.06. The van der Waals surface area contributed by atoms with E-state index in [1.165, 1.54) is 6.42 Å². The summed E-state index contributed by atoms with van der Waals surface area (Å²) in [5, 5.41) is 19.8. The van der Waals surface area contributed by atoms with Gasteiger partial charge in [0.05, 0.1) is 31.4 Å². The fourth-order valence-corrected chi connectivity index (χ4v) is 4.95. The summed E-state index contributed by atoms with van der Waals surface area (Å²) < 4.78 is 5.34. The first kappa shape index (κ1) is 21.9. The van der Waals surface area contributed by atoms with Crippen LogP contribution in [0.3, 0.4) is 0 Å². The molecule has 2 fully saturated rings. The highest BCUT2D eigenvalue weighted by atomic mass is 16.5. The van der Waals surface area contributed by atoms with Gasteiger partial charge in [0.2, 0.25) is 5.91 Å². The van der Waals surface area contributed by atoms with E-state index in [1.807, 2.05) is 48.5 Å². The van der Waals surface area contributed by atoms with Gasteiger partial charge in [-0.1, -0.05) is 55.4 Å². The Balaban J connectivity index is 1.50. The van der Waals surface area contributed by atoms with E-state index in [0.29, 0.717) is 0 Å². The molecule has 3 atom stereocenters. The molecule has 1 N–H and O–H groups in total. The number of aliphatic hydroxyl groups is 1. The predicted octanol–water partition coefficient (Wildman–Crippen LogP) is 3.85. The van der Waals surface area contributed by atoms with Gasteiger partial charge in [-0.15, -0.1) is 0 Å². The molecule has 1 saturated carbocycles. The largest absolute Gasteiger partial charge is 0.495 e. The summed E-state index contributed by atoms with van der Waals surface area (Å²) in [6.45, 7) is -0.142. The summed E-state index contributed by atoms with van der Waals surface area (Å²) in [4.78, 5) is 14.7. The minimum Gasteiger partial charge on any atom is -0.495 e. The van der Waals surface area contributed by atoms with Gasteiger partial charge in [-0.25, -0.2) is 0 Å². The van der Waals surface area contributed by atoms with Crippen molar-refractivity contribution in [1.29, 1.82) is 5.26 Å². The molecule has 1 aliphatic carbocycles. The fraction of sp³-hybridized carbons (Fsp3) is 0.407. The molecule has 1 saturated heterocycles. The minimum atomic E-state index is -0.535. The lowest BCUT2D eigenvalue weighted by Crippen LogP contribution is -2.66. The number of amides is 1. The molecular weight excluding hydrogens is 400 g/mol. The Labute approximate surface area is 189 Å². The number of nitrogens with zero attached hydrogens (tertiary/aromatic N) is 2. The Bertz CT molecular complexity index is 1050. The number of ether oxygens (including phenoxy) is 1. The number of carbonyl (C=O) groups excluding carboxylic acids is 1. The van der Waals surface area contributed by atoms with Crippen LogP contribution >= 0.6 is 0 Å². The number of aliphatic hydroxyl groups excluding tert-OH is 1. The number of para-hydroxylation sites is 1. The zero-order chi connectivity index (χ0) is 22.5. The van der Waals surface area contributed by atoms with Crippen LogP contribution < -0.4 is 4.74 Å². The maximum atomic E-state index is 13.1. The number of methoxy groups -OCH3 is 1. The molecule has 0 spiro atoms. The molecule has 164 valence electrons. The Morgan fingerprint density at radius 1 is 1.09 bits per heavy atom. The van der Waals surface area contributed by atoms with Crippen LogP contribution in [0.5, 0.6) is 5.75 Å². The number of carbonyl (C=O) groups is 1. The Morgan fingerprint density at radius 2 is 1.81 bits per heavy atom. The number of rotatable bonds is 4. The standard InChI is InChI=1S/C27H28N2O3/c1-32-25-10-6-5-7-20(25)14-11-19-12-15-21(16-13-19)26-23(17-28)29(24(26)18-30)27(31)22-8-3-2-4-9-22/h5-7,10,12-13,15-16,22-24,26,30H,2-4,8-9,18H2,1H3/t23-,24-,26+/m0/s1. The Kier molecular flexibility index (Phi) is 6.78. The molecule has 1 amide bonds. The zero-order valence-electron chi connectivity index (χ0n) is 18.3. The van der Waals surface area contributed by atoms with Gasteiger partial charge in [0, 0.05) is 17.4 Å². The van der Waals surface area contributed by atoms with Crippen molar-refractivity contribution in [2.24, 2.45) is 5.92 Å². The second-order valence-corrected chi connectivity index (χ2v) is 8.50. The van der Waals surface area contributed by atoms with E-state index in [0.717, 1.165) is 48.1 Å². The maximum Gasteiger partial charge on any atom is 0.227 e. The van der Waals surface area contributed by atoms with E-state index >= 15 is 0 Å². The third-order valence-corrected chi connectivity index (χ3v) is 6.68. The smallest absolute Gasteiger partial charge is 0.227 e. The highest BCUT2D eigenvalue weighted by Gasteiger charge is 2.52. The highest BCUT2D eigenvalue weighted by molar-refractivity contribution is 5.81. The number of hydrogen-bond donors (Lipinski definition) is 1. The van der Waals surface area contributed by atoms with Crippen molar-refractivity contribution < 1.29 is 14.6 Å². The normalized spacial score (nSPS) is 22.8. The van der Waals surface area contributed by atoms with Gasteiger partial charge in [0.1, 0.15) is 11.8 Å². The second-order valence-electron chi connectivity index (χ2n) is 8.50. The summed E-state index contributed by atoms with van der Waals surface area (Å²) in [7, 11) is 1.62. The van der Waals surface area contributed by atoms with Crippen LogP contribution in [0.15, 0.2) is 48.5 Å². The highest BCUT2D eigenvalue weighted by Crippen LogP contribution is 2.42. The van der Waals surface area contributed by atoms with Crippen molar-refractivity contribution >= 4 is 5.91 Å². The van der Waals surface area contributed by atoms with Gasteiger partial charge >= 0.3 is 0 Å². The lowest BCUT2D eigenvalue weighted by Gasteiger charge is -2.52. The van der Waals surface area contributed by atoms with Gasteiger partial charge in [0.15, 0.2) is 0 Å². The molecule has 0 radical (unpaired) electrons. The number of benzene rings is 2. The van der Waals surface area contributed by atoms with Crippen LogP contribution in [0.2, 0.25) is 0 Å². The van der Waals surface area contributed by atoms with Crippen LogP contribution in [0, 0.1) is 29.1 Å². The lowest BCUT2D eigenvalue weighted by molar-refractivity contribution is -0.152. The third-order valence-electron chi connectivity index (χ3n) is 6.68. The van der Waals surface area contributed by atoms with Gasteiger partial charge in [-0.2, -0.15) is 5.26 Å². The van der Waals surface area contributed by atoms with Crippen LogP contribution in [-0.2, 0) is 4.79 Å². The summed E-state index contributed by atoms with van der Waals surface area (Å²) in [5.74, 6) is 6.85. The molecular formula is C27H28N2O3. The Hall–Kier alpha value is -3.28. The average molecular weight is 429 g/mol. The van der Waals surface area contributed by atoms with Gasteiger partial charge in [-0.05, 0) is 42.7 Å². The van der Waals surface area contributed by atoms with Crippen LogP contribution in [0.4, 0.5) is 0 Å². The quantitative estimate of drug-likeness (QED) is 0.751. The summed E-state index contributed by atoms with van der Waals surface area (Å²) in [6, 6.07) is 16.8. The first-order chi connectivity index (χ1) is 15.7. The van der Waals surface area contributed by atoms with E-state index < -0.39 is 6.04 Å². The fourth-order valence-electron chi connectivity index (χ4n) is 4.95. The van der Waals surface area contributed by atoms with Crippen LogP contribution in [0.1, 0.15) is 54.7 Å². The number of nitriles is 1. The SMILES string of the molecule is COc1ccccc1C#Cc1ccc([C@@H]2[C@H](C#N)N(C(=O)C3CCCCC3)[C@H]2CO)cc1. The molecule has 4 rings (SSSR count). The monoisotopic (exact) mass is 428 g/mol. The van der Waals surface area contributed by atoms with Crippen molar-refractivity contribution in [3.05, 3.63) is 65.2 Å². The van der Waals surface area contributed by atoms with Crippen molar-refractivity contribution in [3.63, 3.8) is 0 Å². The second kappa shape index (κ2) is 9.90. The average Bonchev–Trinajstić information content (AvgIpc) is 2.84. The number of hydrogen-bond acceptors (Lipinski definition) is 4. The summed E-state index contributed by atoms with van der Waals surface area (Å²) in [5.41, 5.74) is 2.62. The van der Waals surface area contributed by atoms with E-state index in [-0.39, 0.29) is 30.4 Å². The minimum absolute atomic E-state index is 0.0118. The molecule has 0 bridgehead atoms. The molecule has 0 aromatic heterocycles. The molecule has 5 heteroatoms. The molecule has 2 aromatic carbocycles. The maximum absolute atomic E-state index is 13.1. The van der Waals surface area contributed by atoms with Crippen molar-refractivity contribution in [2.45, 2.75) is 50.1 Å². The molecule has 5 nitrogen and oxygen atoms in total. The molecule has 2 aromatic rings. The molecule has 2 aliphatic rings. The first-order valence-electron chi connectivity index (χ1n) is 11.3. The molecule has 0 unspecified atom stereocenters. The number of likely N-dealkylation sites (tertiary alicyclic amines) is 1. The van der Waals surface area contributed by atoms with Crippen LogP contribution in [-0.4, -0.2) is 41.7 Å². The van der Waals surface area contributed by atoms with Crippen molar-refractivity contribution in [3.8, 4) is 23.7 Å². The lowest BCUT2D eigenvalue weighted by atomic mass is 9.74. The van der Waals surface area contributed by atoms with Crippen LogP contribution in [0.25, 0.3) is 0 Å². The Morgan fingerprint density at radius 3 is 2.47 bits per heavy atom. The van der Waals surface area contributed by atoms with Crippen molar-refractivity contribution in [2.75, 3.05) is 13.7 Å². The zero-order valence-corrected chi connectivity index (χ0v) is 18.3. The van der Waals surface area contributed by atoms with E-state index in [4.69, 9.17) is 4.74 Å². The molecule has 1 heterocycles. The van der Waals surface area contributed by atoms with Gasteiger partial charge in [-0.3, -0.25) is 4.79 Å². The van der Waals surface area contributed by atoms with E-state index in [9.17, 15) is 15.2 Å². The molecule has 1 aliphatic heterocycles. The third kappa shape index (κ3) is 4.22. The summed E-state index contributed by atoms with van der Waals surface area (Å²) >= 11 is 0. The van der Waals surface area contributed by atoms with E-state index in [2.05, 4.69) is 17.9 Å². The van der Waals surface area contributed by atoms with Crippen molar-refractivity contribution in [1.82, 2.24) is 4.90 Å².